The van der Waals surface area contributed by atoms with Crippen LogP contribution in [0.2, 0.25) is 5.02 Å². The molecule has 0 unspecified atom stereocenters. The number of H-pyrrole nitrogens is 1. The van der Waals surface area contributed by atoms with E-state index < -0.39 is 0 Å². The molecule has 84 valence electrons. The van der Waals surface area contributed by atoms with Crippen LogP contribution < -0.4 is 5.56 Å². The molecule has 0 saturated heterocycles. The van der Waals surface area contributed by atoms with E-state index in [1.165, 1.54) is 6.07 Å². The second-order valence-electron chi connectivity index (χ2n) is 3.62. The van der Waals surface area contributed by atoms with E-state index in [2.05, 4.69) is 9.97 Å². The predicted octanol–water partition coefficient (Wildman–Crippen LogP) is 2.37. The highest BCUT2D eigenvalue weighted by atomic mass is 35.5. The van der Waals surface area contributed by atoms with Gasteiger partial charge in [-0.15, -0.1) is 0 Å². The summed E-state index contributed by atoms with van der Waals surface area (Å²) in [6, 6.07) is 10.5. The Hall–Kier alpha value is -2.07. The Kier molecular flexibility index (Phi) is 2.23. The number of halogens is 1. The summed E-state index contributed by atoms with van der Waals surface area (Å²) >= 11 is 6.12. The number of pyridine rings is 1. The van der Waals surface area contributed by atoms with Crippen molar-refractivity contribution < 1.29 is 0 Å². The van der Waals surface area contributed by atoms with Crippen LogP contribution in [-0.4, -0.2) is 14.5 Å². The van der Waals surface area contributed by atoms with Gasteiger partial charge in [-0.25, -0.2) is 4.98 Å². The van der Waals surface area contributed by atoms with Gasteiger partial charge in [-0.05, 0) is 18.2 Å². The van der Waals surface area contributed by atoms with Crippen molar-refractivity contribution in [3.63, 3.8) is 0 Å². The zero-order valence-electron chi connectivity index (χ0n) is 8.72. The number of aromatic amines is 1. The predicted molar refractivity (Wildman–Crippen MR) is 66.7 cm³/mol. The first-order valence-corrected chi connectivity index (χ1v) is 5.45. The largest absolute Gasteiger partial charge is 0.306 e. The van der Waals surface area contributed by atoms with Gasteiger partial charge >= 0.3 is 0 Å². The van der Waals surface area contributed by atoms with Gasteiger partial charge in [0, 0.05) is 6.07 Å². The average Bonchev–Trinajstić information content (AvgIpc) is 2.72. The molecule has 2 heterocycles. The summed E-state index contributed by atoms with van der Waals surface area (Å²) in [5.74, 6) is 0. The molecule has 0 fully saturated rings. The molecule has 0 spiro atoms. The van der Waals surface area contributed by atoms with Gasteiger partial charge in [0.25, 0.3) is 0 Å². The van der Waals surface area contributed by atoms with Crippen molar-refractivity contribution in [2.24, 2.45) is 0 Å². The lowest BCUT2D eigenvalue weighted by molar-refractivity contribution is 1.06. The minimum absolute atomic E-state index is 0.161. The number of fused-ring (bicyclic) bond motifs is 1. The van der Waals surface area contributed by atoms with Crippen molar-refractivity contribution in [1.82, 2.24) is 14.5 Å². The molecular weight excluding hydrogens is 238 g/mol. The van der Waals surface area contributed by atoms with E-state index in [1.54, 1.807) is 23.0 Å². The summed E-state index contributed by atoms with van der Waals surface area (Å²) in [6.45, 7) is 0. The van der Waals surface area contributed by atoms with E-state index in [0.717, 1.165) is 11.2 Å². The maximum absolute atomic E-state index is 11.3. The topological polar surface area (TPSA) is 50.7 Å². The van der Waals surface area contributed by atoms with Crippen LogP contribution in [0.5, 0.6) is 0 Å². The van der Waals surface area contributed by atoms with Gasteiger partial charge in [-0.3, -0.25) is 9.36 Å². The van der Waals surface area contributed by atoms with E-state index in [9.17, 15) is 4.79 Å². The number of benzene rings is 1. The van der Waals surface area contributed by atoms with Crippen molar-refractivity contribution in [2.75, 3.05) is 0 Å². The Morgan fingerprint density at radius 1 is 1.18 bits per heavy atom. The van der Waals surface area contributed by atoms with E-state index in [0.29, 0.717) is 10.7 Å². The molecule has 0 bridgehead atoms. The Balaban J connectivity index is 2.35. The van der Waals surface area contributed by atoms with Gasteiger partial charge in [-0.1, -0.05) is 23.7 Å². The smallest absolute Gasteiger partial charge is 0.249 e. The van der Waals surface area contributed by atoms with Crippen LogP contribution >= 0.6 is 11.6 Å². The number of hydrogen-bond donors (Lipinski definition) is 1. The summed E-state index contributed by atoms with van der Waals surface area (Å²) in [4.78, 5) is 18.3. The van der Waals surface area contributed by atoms with E-state index in [4.69, 9.17) is 11.6 Å². The summed E-state index contributed by atoms with van der Waals surface area (Å²) in [6.07, 6.45) is 1.64. The number of hydrogen-bond acceptors (Lipinski definition) is 2. The zero-order valence-corrected chi connectivity index (χ0v) is 9.48. The fraction of sp³-hybridized carbons (Fsp3) is 0. The van der Waals surface area contributed by atoms with Crippen LogP contribution in [-0.2, 0) is 0 Å². The third kappa shape index (κ3) is 1.62. The lowest BCUT2D eigenvalue weighted by atomic mass is 10.3. The second-order valence-corrected chi connectivity index (χ2v) is 4.03. The molecular formula is C12H8ClN3O. The molecule has 0 aliphatic carbocycles. The van der Waals surface area contributed by atoms with Crippen molar-refractivity contribution in [2.45, 2.75) is 0 Å². The van der Waals surface area contributed by atoms with E-state index >= 15 is 0 Å². The molecule has 0 saturated carbocycles. The normalized spacial score (nSPS) is 10.9. The summed E-state index contributed by atoms with van der Waals surface area (Å²) in [5.41, 5.74) is 2.00. The molecule has 0 atom stereocenters. The molecule has 5 heteroatoms. The molecule has 2 aromatic heterocycles. The molecule has 0 amide bonds. The maximum Gasteiger partial charge on any atom is 0.249 e. The summed E-state index contributed by atoms with van der Waals surface area (Å²) in [7, 11) is 0. The minimum atomic E-state index is -0.161. The third-order valence-electron chi connectivity index (χ3n) is 2.54. The zero-order chi connectivity index (χ0) is 11.8. The molecule has 0 aliphatic rings. The third-order valence-corrected chi connectivity index (χ3v) is 2.86. The fourth-order valence-corrected chi connectivity index (χ4v) is 1.98. The second kappa shape index (κ2) is 3.75. The SMILES string of the molecule is O=c1ccc2ncn(-c3ccccc3Cl)c2[nH]1. The first-order valence-electron chi connectivity index (χ1n) is 5.07. The summed E-state index contributed by atoms with van der Waals surface area (Å²) < 4.78 is 1.76. The van der Waals surface area contributed by atoms with Gasteiger partial charge in [0.05, 0.1) is 10.7 Å². The number of para-hydroxylation sites is 1. The van der Waals surface area contributed by atoms with Crippen LogP contribution in [0, 0.1) is 0 Å². The monoisotopic (exact) mass is 245 g/mol. The lowest BCUT2D eigenvalue weighted by Gasteiger charge is -2.05. The first kappa shape index (κ1) is 10.1. The average molecular weight is 246 g/mol. The summed E-state index contributed by atoms with van der Waals surface area (Å²) in [5, 5.41) is 0.608. The molecule has 17 heavy (non-hydrogen) atoms. The minimum Gasteiger partial charge on any atom is -0.306 e. The molecule has 1 aromatic carbocycles. The molecule has 4 nitrogen and oxygen atoms in total. The number of nitrogens with one attached hydrogen (secondary N) is 1. The Morgan fingerprint density at radius 2 is 2.00 bits per heavy atom. The molecule has 0 aliphatic heterocycles. The Bertz CT molecular complexity index is 745. The van der Waals surface area contributed by atoms with Crippen LogP contribution in [0.3, 0.4) is 0 Å². The van der Waals surface area contributed by atoms with Crippen molar-refractivity contribution in [3.8, 4) is 5.69 Å². The van der Waals surface area contributed by atoms with Gasteiger partial charge in [0.1, 0.15) is 17.5 Å². The molecule has 3 aromatic rings. The number of imidazole rings is 1. The van der Waals surface area contributed by atoms with Crippen LogP contribution in [0.4, 0.5) is 0 Å². The van der Waals surface area contributed by atoms with Gasteiger partial charge < -0.3 is 4.98 Å². The highest BCUT2D eigenvalue weighted by Gasteiger charge is 2.07. The maximum atomic E-state index is 11.3. The van der Waals surface area contributed by atoms with E-state index in [1.807, 2.05) is 18.2 Å². The highest BCUT2D eigenvalue weighted by Crippen LogP contribution is 2.22. The standard InChI is InChI=1S/C12H8ClN3O/c13-8-3-1-2-4-10(8)16-7-14-9-5-6-11(17)15-12(9)16/h1-7H,(H,15,17). The van der Waals surface area contributed by atoms with Crippen LogP contribution in [0.1, 0.15) is 0 Å². The first-order chi connectivity index (χ1) is 8.25. The number of nitrogens with zero attached hydrogens (tertiary/aromatic N) is 2. The Morgan fingerprint density at radius 3 is 2.82 bits per heavy atom. The molecule has 1 N–H and O–H groups in total. The highest BCUT2D eigenvalue weighted by molar-refractivity contribution is 6.32. The van der Waals surface area contributed by atoms with Crippen LogP contribution in [0.15, 0.2) is 47.5 Å². The Labute approximate surface area is 101 Å². The van der Waals surface area contributed by atoms with Gasteiger partial charge in [0.2, 0.25) is 5.56 Å². The number of aromatic nitrogens is 3. The van der Waals surface area contributed by atoms with Crippen molar-refractivity contribution in [1.29, 1.82) is 0 Å². The van der Waals surface area contributed by atoms with Crippen LogP contribution in [0.25, 0.3) is 16.9 Å². The lowest BCUT2D eigenvalue weighted by Crippen LogP contribution is -2.05. The molecule has 3 rings (SSSR count). The van der Waals surface area contributed by atoms with Gasteiger partial charge in [0.15, 0.2) is 0 Å². The molecule has 0 radical (unpaired) electrons. The van der Waals surface area contributed by atoms with E-state index in [-0.39, 0.29) is 5.56 Å². The van der Waals surface area contributed by atoms with Crippen molar-refractivity contribution >= 4 is 22.8 Å². The fourth-order valence-electron chi connectivity index (χ4n) is 1.75. The number of rotatable bonds is 1. The quantitative estimate of drug-likeness (QED) is 0.716. The van der Waals surface area contributed by atoms with Gasteiger partial charge in [-0.2, -0.15) is 0 Å². The van der Waals surface area contributed by atoms with Crippen molar-refractivity contribution in [3.05, 3.63) is 58.1 Å².